The lowest BCUT2D eigenvalue weighted by molar-refractivity contribution is -0.119. The molecule has 0 saturated carbocycles. The molecule has 8 heteroatoms. The monoisotopic (exact) mass is 325 g/mol. The fourth-order valence-electron chi connectivity index (χ4n) is 1.77. The predicted molar refractivity (Wildman–Crippen MR) is 82.2 cm³/mol. The third-order valence-corrected chi connectivity index (χ3v) is 4.05. The van der Waals surface area contributed by atoms with Gasteiger partial charge in [0.25, 0.3) is 0 Å². The smallest absolute Gasteiger partial charge is 0.230 e. The highest BCUT2D eigenvalue weighted by Gasteiger charge is 2.12. The van der Waals surface area contributed by atoms with Crippen molar-refractivity contribution in [1.29, 1.82) is 0 Å². The zero-order valence-electron chi connectivity index (χ0n) is 11.8. The Morgan fingerprint density at radius 1 is 1.52 bits per heavy atom. The summed E-state index contributed by atoms with van der Waals surface area (Å²) < 4.78 is 1.65. The second-order valence-corrected chi connectivity index (χ2v) is 5.79. The summed E-state index contributed by atoms with van der Waals surface area (Å²) in [5, 5.41) is 15.5. The van der Waals surface area contributed by atoms with Crippen LogP contribution in [-0.2, 0) is 11.3 Å². The number of hydrogen-bond acceptors (Lipinski definition) is 5. The Labute approximate surface area is 132 Å². The van der Waals surface area contributed by atoms with Gasteiger partial charge >= 0.3 is 0 Å². The minimum absolute atomic E-state index is 0.0712. The van der Waals surface area contributed by atoms with E-state index in [1.807, 2.05) is 32.0 Å². The van der Waals surface area contributed by atoms with Gasteiger partial charge in [0.1, 0.15) is 0 Å². The van der Waals surface area contributed by atoms with Gasteiger partial charge in [-0.1, -0.05) is 35.5 Å². The molecule has 1 unspecified atom stereocenters. The van der Waals surface area contributed by atoms with Gasteiger partial charge in [0.05, 0.1) is 11.8 Å². The van der Waals surface area contributed by atoms with Crippen LogP contribution >= 0.6 is 23.4 Å². The lowest BCUT2D eigenvalue weighted by atomic mass is 10.1. The molecule has 1 amide bonds. The first-order chi connectivity index (χ1) is 10.1. The molecule has 1 heterocycles. The molecule has 1 aromatic heterocycles. The first-order valence-electron chi connectivity index (χ1n) is 6.54. The van der Waals surface area contributed by atoms with Gasteiger partial charge in [-0.3, -0.25) is 4.79 Å². The maximum atomic E-state index is 12.0. The molecule has 2 aromatic rings. The number of benzene rings is 1. The van der Waals surface area contributed by atoms with Gasteiger partial charge in [0.15, 0.2) is 0 Å². The molecule has 1 atom stereocenters. The lowest BCUT2D eigenvalue weighted by Crippen LogP contribution is -2.28. The summed E-state index contributed by atoms with van der Waals surface area (Å²) in [4.78, 5) is 12.0. The minimum atomic E-state index is -0.0982. The summed E-state index contributed by atoms with van der Waals surface area (Å²) in [5.41, 5.74) is 0.972. The number of amides is 1. The van der Waals surface area contributed by atoms with Gasteiger partial charge < -0.3 is 5.32 Å². The van der Waals surface area contributed by atoms with Crippen LogP contribution in [0.1, 0.15) is 25.5 Å². The molecule has 112 valence electrons. The highest BCUT2D eigenvalue weighted by atomic mass is 35.5. The van der Waals surface area contributed by atoms with Crippen molar-refractivity contribution in [3.63, 3.8) is 0 Å². The van der Waals surface area contributed by atoms with Crippen LogP contribution in [0.5, 0.6) is 0 Å². The van der Waals surface area contributed by atoms with Crippen molar-refractivity contribution in [1.82, 2.24) is 25.5 Å². The van der Waals surface area contributed by atoms with E-state index in [1.54, 1.807) is 10.7 Å². The molecule has 6 nitrogen and oxygen atoms in total. The van der Waals surface area contributed by atoms with Gasteiger partial charge in [-0.15, -0.1) is 5.10 Å². The molecule has 0 bridgehead atoms. The predicted octanol–water partition coefficient (Wildman–Crippen LogP) is 2.32. The Kier molecular flexibility index (Phi) is 5.58. The third-order valence-electron chi connectivity index (χ3n) is 2.86. The third kappa shape index (κ3) is 4.44. The van der Waals surface area contributed by atoms with Gasteiger partial charge in [0, 0.05) is 11.6 Å². The molecule has 1 N–H and O–H groups in total. The number of aromatic nitrogens is 4. The van der Waals surface area contributed by atoms with E-state index in [1.165, 1.54) is 11.8 Å². The van der Waals surface area contributed by atoms with E-state index >= 15 is 0 Å². The van der Waals surface area contributed by atoms with Crippen LogP contribution in [0.15, 0.2) is 29.4 Å². The van der Waals surface area contributed by atoms with Crippen molar-refractivity contribution in [2.75, 3.05) is 5.75 Å². The Morgan fingerprint density at radius 2 is 2.33 bits per heavy atom. The Hall–Kier alpha value is -1.60. The van der Waals surface area contributed by atoms with E-state index < -0.39 is 0 Å². The lowest BCUT2D eigenvalue weighted by Gasteiger charge is -2.14. The average molecular weight is 326 g/mol. The maximum absolute atomic E-state index is 12.0. The summed E-state index contributed by atoms with van der Waals surface area (Å²) in [5.74, 6) is 0.198. The van der Waals surface area contributed by atoms with Gasteiger partial charge in [0.2, 0.25) is 11.1 Å². The van der Waals surface area contributed by atoms with Crippen LogP contribution in [-0.4, -0.2) is 31.9 Å². The molecule has 2 rings (SSSR count). The molecule has 0 spiro atoms. The Bertz CT molecular complexity index is 618. The second-order valence-electron chi connectivity index (χ2n) is 4.41. The van der Waals surface area contributed by atoms with E-state index in [9.17, 15) is 4.79 Å². The Balaban J connectivity index is 1.87. The number of carbonyl (C=O) groups excluding carboxylic acids is 1. The normalized spacial score (nSPS) is 12.1. The molecule has 1 aromatic carbocycles. The zero-order chi connectivity index (χ0) is 15.2. The quantitative estimate of drug-likeness (QED) is 0.825. The van der Waals surface area contributed by atoms with Crippen LogP contribution in [0.25, 0.3) is 0 Å². The zero-order valence-corrected chi connectivity index (χ0v) is 13.4. The number of tetrazole rings is 1. The van der Waals surface area contributed by atoms with E-state index in [4.69, 9.17) is 11.6 Å². The van der Waals surface area contributed by atoms with Crippen molar-refractivity contribution in [2.24, 2.45) is 0 Å². The van der Waals surface area contributed by atoms with Crippen molar-refractivity contribution in [3.05, 3.63) is 34.9 Å². The first kappa shape index (κ1) is 15.8. The summed E-state index contributed by atoms with van der Waals surface area (Å²) in [6, 6.07) is 7.35. The van der Waals surface area contributed by atoms with Gasteiger partial charge in [-0.25, -0.2) is 4.68 Å². The number of thioether (sulfide) groups is 1. The first-order valence-corrected chi connectivity index (χ1v) is 7.90. The SMILES string of the molecule is CCn1nnnc1SCC(=O)NC(C)c1cccc(Cl)c1. The van der Waals surface area contributed by atoms with E-state index in [0.717, 1.165) is 5.56 Å². The number of hydrogen-bond donors (Lipinski definition) is 1. The van der Waals surface area contributed by atoms with Crippen LogP contribution in [0.4, 0.5) is 0 Å². The number of nitrogens with zero attached hydrogens (tertiary/aromatic N) is 4. The fourth-order valence-corrected chi connectivity index (χ4v) is 2.72. The molecule has 21 heavy (non-hydrogen) atoms. The topological polar surface area (TPSA) is 72.7 Å². The number of rotatable bonds is 6. The number of aryl methyl sites for hydroxylation is 1. The summed E-state index contributed by atoms with van der Waals surface area (Å²) in [6.45, 7) is 4.54. The molecule has 0 aliphatic carbocycles. The largest absolute Gasteiger partial charge is 0.349 e. The molecule has 0 radical (unpaired) electrons. The van der Waals surface area contributed by atoms with E-state index in [-0.39, 0.29) is 17.7 Å². The van der Waals surface area contributed by atoms with Gasteiger partial charge in [-0.2, -0.15) is 0 Å². The van der Waals surface area contributed by atoms with Crippen LogP contribution in [0.3, 0.4) is 0 Å². The van der Waals surface area contributed by atoms with Crippen molar-refractivity contribution in [2.45, 2.75) is 31.6 Å². The molecular formula is C13H16ClN5OS. The van der Waals surface area contributed by atoms with Crippen LogP contribution in [0.2, 0.25) is 5.02 Å². The molecule has 0 aliphatic rings. The summed E-state index contributed by atoms with van der Waals surface area (Å²) >= 11 is 7.26. The van der Waals surface area contributed by atoms with Crippen LogP contribution in [0, 0.1) is 0 Å². The van der Waals surface area contributed by atoms with Crippen molar-refractivity contribution in [3.8, 4) is 0 Å². The molecule has 0 saturated heterocycles. The Morgan fingerprint density at radius 3 is 3.05 bits per heavy atom. The number of carbonyl (C=O) groups is 1. The molecule has 0 aliphatic heterocycles. The van der Waals surface area contributed by atoms with E-state index in [0.29, 0.717) is 16.7 Å². The summed E-state index contributed by atoms with van der Waals surface area (Å²) in [7, 11) is 0. The minimum Gasteiger partial charge on any atom is -0.349 e. The molecular weight excluding hydrogens is 310 g/mol. The molecule has 0 fully saturated rings. The number of nitrogens with one attached hydrogen (secondary N) is 1. The van der Waals surface area contributed by atoms with E-state index in [2.05, 4.69) is 20.8 Å². The average Bonchev–Trinajstić information content (AvgIpc) is 2.92. The van der Waals surface area contributed by atoms with Crippen LogP contribution < -0.4 is 5.32 Å². The van der Waals surface area contributed by atoms with Crippen molar-refractivity contribution < 1.29 is 4.79 Å². The highest BCUT2D eigenvalue weighted by Crippen LogP contribution is 2.18. The van der Waals surface area contributed by atoms with Crippen molar-refractivity contribution >= 4 is 29.3 Å². The number of halogens is 1. The summed E-state index contributed by atoms with van der Waals surface area (Å²) in [6.07, 6.45) is 0. The standard InChI is InChI=1S/C13H16ClN5OS/c1-3-19-13(16-17-18-19)21-8-12(20)15-9(2)10-5-4-6-11(14)7-10/h4-7,9H,3,8H2,1-2H3,(H,15,20). The fraction of sp³-hybridized carbons (Fsp3) is 0.385. The van der Waals surface area contributed by atoms with Gasteiger partial charge in [-0.05, 0) is 42.0 Å². The highest BCUT2D eigenvalue weighted by molar-refractivity contribution is 7.99. The second kappa shape index (κ2) is 7.42. The maximum Gasteiger partial charge on any atom is 0.230 e.